The van der Waals surface area contributed by atoms with E-state index in [1.54, 1.807) is 29.4 Å². The zero-order chi connectivity index (χ0) is 18.3. The summed E-state index contributed by atoms with van der Waals surface area (Å²) in [6, 6.07) is 8.62. The second-order valence-electron chi connectivity index (χ2n) is 5.99. The maximum atomic E-state index is 12.9. The predicted octanol–water partition coefficient (Wildman–Crippen LogP) is 2.47. The molecule has 0 bridgehead atoms. The van der Waals surface area contributed by atoms with Crippen LogP contribution in [0.4, 0.5) is 18.9 Å². The number of fused-ring (bicyclic) bond motifs is 1. The zero-order valence-corrected chi connectivity index (χ0v) is 13.6. The van der Waals surface area contributed by atoms with Gasteiger partial charge >= 0.3 is 11.9 Å². The lowest BCUT2D eigenvalue weighted by Crippen LogP contribution is -2.53. The fraction of sp³-hybridized carbons (Fsp3) is 0.294. The monoisotopic (exact) mass is 364 g/mol. The van der Waals surface area contributed by atoms with Crippen molar-refractivity contribution in [2.45, 2.75) is 6.18 Å². The third kappa shape index (κ3) is 2.89. The smallest absolute Gasteiger partial charge is 0.405 e. The Bertz CT molecular complexity index is 987. The Kier molecular flexibility index (Phi) is 3.86. The number of hydrogen-bond donors (Lipinski definition) is 0. The standard InChI is InChI=1S/C17H15F3N4O2/c18-17(19,20)12-3-1-4-13(11-12)22-7-9-23(10-8-22)24-15-14(26-16(24)25)5-2-6-21-15/h1-6,11H,7-10H2. The predicted molar refractivity (Wildman–Crippen MR) is 89.9 cm³/mol. The Morgan fingerprint density at radius 2 is 1.81 bits per heavy atom. The summed E-state index contributed by atoms with van der Waals surface area (Å²) in [4.78, 5) is 18.2. The molecule has 0 atom stereocenters. The Morgan fingerprint density at radius 1 is 1.04 bits per heavy atom. The highest BCUT2D eigenvalue weighted by atomic mass is 19.4. The first kappa shape index (κ1) is 16.5. The van der Waals surface area contributed by atoms with Gasteiger partial charge < -0.3 is 14.3 Å². The summed E-state index contributed by atoms with van der Waals surface area (Å²) in [5, 5.41) is 1.80. The molecular formula is C17H15F3N4O2. The van der Waals surface area contributed by atoms with Gasteiger partial charge in [0.2, 0.25) is 5.65 Å². The van der Waals surface area contributed by atoms with Gasteiger partial charge in [-0.25, -0.2) is 9.78 Å². The Labute approximate surface area is 146 Å². The van der Waals surface area contributed by atoms with Gasteiger partial charge in [-0.3, -0.25) is 0 Å². The number of hydrogen-bond acceptors (Lipinski definition) is 5. The van der Waals surface area contributed by atoms with Gasteiger partial charge in [-0.2, -0.15) is 17.8 Å². The lowest BCUT2D eigenvalue weighted by molar-refractivity contribution is -0.137. The minimum atomic E-state index is -4.37. The van der Waals surface area contributed by atoms with Gasteiger partial charge in [0.15, 0.2) is 5.58 Å². The molecule has 0 radical (unpaired) electrons. The molecule has 4 rings (SSSR count). The highest BCUT2D eigenvalue weighted by Gasteiger charge is 2.31. The van der Waals surface area contributed by atoms with E-state index in [0.717, 1.165) is 12.1 Å². The van der Waals surface area contributed by atoms with E-state index in [0.29, 0.717) is 43.1 Å². The quantitative estimate of drug-likeness (QED) is 0.699. The molecule has 1 fully saturated rings. The molecular weight excluding hydrogens is 349 g/mol. The topological polar surface area (TPSA) is 54.5 Å². The van der Waals surface area contributed by atoms with Crippen LogP contribution in [0.2, 0.25) is 0 Å². The minimum Gasteiger partial charge on any atom is -0.405 e. The van der Waals surface area contributed by atoms with Crippen LogP contribution in [0.5, 0.6) is 0 Å². The van der Waals surface area contributed by atoms with Gasteiger partial charge in [0.1, 0.15) is 0 Å². The second kappa shape index (κ2) is 6.08. The van der Waals surface area contributed by atoms with Crippen molar-refractivity contribution in [1.29, 1.82) is 0 Å². The lowest BCUT2D eigenvalue weighted by atomic mass is 10.1. The van der Waals surface area contributed by atoms with Gasteiger partial charge in [-0.05, 0) is 30.3 Å². The highest BCUT2D eigenvalue weighted by Crippen LogP contribution is 2.31. The van der Waals surface area contributed by atoms with Crippen LogP contribution in [-0.4, -0.2) is 35.8 Å². The molecule has 6 nitrogen and oxygen atoms in total. The number of oxazole rings is 1. The van der Waals surface area contributed by atoms with Gasteiger partial charge in [0.05, 0.1) is 18.7 Å². The molecule has 0 N–H and O–H groups in total. The lowest BCUT2D eigenvalue weighted by Gasteiger charge is -2.37. The van der Waals surface area contributed by atoms with E-state index in [2.05, 4.69) is 4.98 Å². The summed E-state index contributed by atoms with van der Waals surface area (Å²) >= 11 is 0. The molecule has 0 unspecified atom stereocenters. The fourth-order valence-electron chi connectivity index (χ4n) is 3.13. The third-order valence-electron chi connectivity index (χ3n) is 4.40. The molecule has 0 spiro atoms. The Balaban J connectivity index is 1.54. The molecule has 1 aliphatic heterocycles. The number of aromatic nitrogens is 2. The molecule has 0 amide bonds. The van der Waals surface area contributed by atoms with E-state index in [1.165, 1.54) is 10.7 Å². The average Bonchev–Trinajstić information content (AvgIpc) is 2.97. The Morgan fingerprint density at radius 3 is 2.54 bits per heavy atom. The van der Waals surface area contributed by atoms with Crippen molar-refractivity contribution in [3.05, 3.63) is 58.7 Å². The Hall–Kier alpha value is -2.97. The fourth-order valence-corrected chi connectivity index (χ4v) is 3.13. The van der Waals surface area contributed by atoms with Crippen molar-refractivity contribution < 1.29 is 17.6 Å². The van der Waals surface area contributed by atoms with Crippen LogP contribution in [-0.2, 0) is 6.18 Å². The van der Waals surface area contributed by atoms with Gasteiger partial charge in [-0.15, -0.1) is 0 Å². The van der Waals surface area contributed by atoms with Crippen LogP contribution in [0.25, 0.3) is 11.2 Å². The highest BCUT2D eigenvalue weighted by molar-refractivity contribution is 5.67. The van der Waals surface area contributed by atoms with Gasteiger partial charge in [-0.1, -0.05) is 6.07 Å². The normalized spacial score (nSPS) is 15.7. The maximum absolute atomic E-state index is 12.9. The first-order valence-corrected chi connectivity index (χ1v) is 8.07. The molecule has 136 valence electrons. The second-order valence-corrected chi connectivity index (χ2v) is 5.99. The summed E-state index contributed by atoms with van der Waals surface area (Å²) in [7, 11) is 0. The minimum absolute atomic E-state index is 0.401. The summed E-state index contributed by atoms with van der Waals surface area (Å²) in [6.45, 7) is 1.88. The van der Waals surface area contributed by atoms with Crippen LogP contribution < -0.4 is 15.7 Å². The number of anilines is 1. The summed E-state index contributed by atoms with van der Waals surface area (Å²) < 4.78 is 45.2. The first-order valence-electron chi connectivity index (χ1n) is 8.07. The summed E-state index contributed by atoms with van der Waals surface area (Å²) in [5.41, 5.74) is 0.684. The van der Waals surface area contributed by atoms with Gasteiger partial charge in [0, 0.05) is 25.0 Å². The van der Waals surface area contributed by atoms with E-state index >= 15 is 0 Å². The molecule has 1 aromatic carbocycles. The van der Waals surface area contributed by atoms with Gasteiger partial charge in [0.25, 0.3) is 0 Å². The van der Waals surface area contributed by atoms with Crippen molar-refractivity contribution in [3.8, 4) is 0 Å². The van der Waals surface area contributed by atoms with Crippen molar-refractivity contribution in [1.82, 2.24) is 9.66 Å². The molecule has 1 aliphatic rings. The van der Waals surface area contributed by atoms with Crippen molar-refractivity contribution >= 4 is 16.9 Å². The number of rotatable bonds is 2. The molecule has 26 heavy (non-hydrogen) atoms. The van der Waals surface area contributed by atoms with Crippen molar-refractivity contribution in [3.63, 3.8) is 0 Å². The van der Waals surface area contributed by atoms with Crippen molar-refractivity contribution in [2.75, 3.05) is 36.1 Å². The first-order chi connectivity index (χ1) is 12.4. The number of nitrogens with zero attached hydrogens (tertiary/aromatic N) is 4. The molecule has 3 aromatic rings. The molecule has 3 heterocycles. The summed E-state index contributed by atoms with van der Waals surface area (Å²) in [6.07, 6.45) is -2.79. The van der Waals surface area contributed by atoms with Crippen LogP contribution >= 0.6 is 0 Å². The van der Waals surface area contributed by atoms with E-state index in [-0.39, 0.29) is 0 Å². The van der Waals surface area contributed by atoms with E-state index in [4.69, 9.17) is 4.42 Å². The van der Waals surface area contributed by atoms with Crippen LogP contribution in [0, 0.1) is 0 Å². The number of benzene rings is 1. The molecule has 9 heteroatoms. The number of piperazine rings is 1. The maximum Gasteiger partial charge on any atom is 0.440 e. The zero-order valence-electron chi connectivity index (χ0n) is 13.6. The number of alkyl halides is 3. The molecule has 1 saturated heterocycles. The molecule has 0 aliphatic carbocycles. The van der Waals surface area contributed by atoms with E-state index in [9.17, 15) is 18.0 Å². The largest absolute Gasteiger partial charge is 0.440 e. The van der Waals surface area contributed by atoms with E-state index < -0.39 is 17.5 Å². The average molecular weight is 364 g/mol. The van der Waals surface area contributed by atoms with Crippen LogP contribution in [0.1, 0.15) is 5.56 Å². The number of halogens is 3. The van der Waals surface area contributed by atoms with Crippen molar-refractivity contribution in [2.24, 2.45) is 0 Å². The summed E-state index contributed by atoms with van der Waals surface area (Å²) in [5.74, 6) is -0.522. The number of pyridine rings is 1. The SMILES string of the molecule is O=c1oc2cccnc2n1N1CCN(c2cccc(C(F)(F)F)c2)CC1. The molecule has 2 aromatic heterocycles. The van der Waals surface area contributed by atoms with Crippen LogP contribution in [0.15, 0.2) is 51.8 Å². The van der Waals surface area contributed by atoms with Crippen LogP contribution in [0.3, 0.4) is 0 Å². The van der Waals surface area contributed by atoms with E-state index in [1.807, 2.05) is 4.90 Å². The molecule has 0 saturated carbocycles. The third-order valence-corrected chi connectivity index (χ3v) is 4.40.